The largest absolute Gasteiger partial charge is 0.374 e. The van der Waals surface area contributed by atoms with Gasteiger partial charge in [-0.25, -0.2) is 9.18 Å². The number of anilines is 1. The van der Waals surface area contributed by atoms with Gasteiger partial charge in [0.15, 0.2) is 0 Å². The molecule has 1 heterocycles. The zero-order valence-corrected chi connectivity index (χ0v) is 13.1. The molecule has 0 radical (unpaired) electrons. The molecule has 0 saturated carbocycles. The van der Waals surface area contributed by atoms with Crippen molar-refractivity contribution in [2.24, 2.45) is 5.73 Å². The number of benzene rings is 1. The van der Waals surface area contributed by atoms with E-state index in [9.17, 15) is 9.18 Å². The van der Waals surface area contributed by atoms with Gasteiger partial charge in [-0.1, -0.05) is 6.07 Å². The van der Waals surface area contributed by atoms with E-state index >= 15 is 0 Å². The number of hydrogen-bond donors (Lipinski definition) is 2. The molecule has 0 bridgehead atoms. The summed E-state index contributed by atoms with van der Waals surface area (Å²) in [7, 11) is 1.97. The van der Waals surface area contributed by atoms with Crippen molar-refractivity contribution in [2.45, 2.75) is 25.3 Å². The van der Waals surface area contributed by atoms with Crippen molar-refractivity contribution in [3.05, 3.63) is 30.1 Å². The molecule has 1 aromatic rings. The quantitative estimate of drug-likeness (QED) is 0.788. The van der Waals surface area contributed by atoms with E-state index in [1.807, 2.05) is 13.1 Å². The van der Waals surface area contributed by atoms with Crippen LogP contribution < -0.4 is 16.0 Å². The van der Waals surface area contributed by atoms with Gasteiger partial charge < -0.3 is 20.9 Å². The Bertz CT molecular complexity index is 489. The van der Waals surface area contributed by atoms with Crippen molar-refractivity contribution >= 4 is 11.7 Å². The molecule has 22 heavy (non-hydrogen) atoms. The zero-order valence-electron chi connectivity index (χ0n) is 13.1. The van der Waals surface area contributed by atoms with Gasteiger partial charge in [-0.2, -0.15) is 0 Å². The summed E-state index contributed by atoms with van der Waals surface area (Å²) in [5, 5.41) is 3.52. The number of hydrogen-bond acceptors (Lipinski definition) is 3. The van der Waals surface area contributed by atoms with Crippen LogP contribution in [0.3, 0.4) is 0 Å². The first kappa shape index (κ1) is 16.5. The predicted molar refractivity (Wildman–Crippen MR) is 86.5 cm³/mol. The van der Waals surface area contributed by atoms with E-state index in [0.29, 0.717) is 6.04 Å². The van der Waals surface area contributed by atoms with Gasteiger partial charge in [0.2, 0.25) is 0 Å². The molecule has 2 rings (SSSR count). The average molecular weight is 308 g/mol. The summed E-state index contributed by atoms with van der Waals surface area (Å²) in [6.45, 7) is 3.25. The molecule has 1 aliphatic heterocycles. The van der Waals surface area contributed by atoms with Crippen molar-refractivity contribution in [2.75, 3.05) is 38.1 Å². The van der Waals surface area contributed by atoms with Crippen LogP contribution in [-0.2, 0) is 0 Å². The van der Waals surface area contributed by atoms with E-state index in [4.69, 9.17) is 5.73 Å². The molecule has 122 valence electrons. The monoisotopic (exact) mass is 308 g/mol. The molecule has 0 atom stereocenters. The number of halogens is 1. The summed E-state index contributed by atoms with van der Waals surface area (Å²) < 4.78 is 13.2. The Labute approximate surface area is 131 Å². The van der Waals surface area contributed by atoms with Crippen molar-refractivity contribution in [1.82, 2.24) is 10.2 Å². The summed E-state index contributed by atoms with van der Waals surface area (Å²) in [6, 6.07) is 6.78. The van der Waals surface area contributed by atoms with Crippen LogP contribution in [0.15, 0.2) is 24.3 Å². The van der Waals surface area contributed by atoms with E-state index in [-0.39, 0.29) is 11.8 Å². The molecule has 1 aliphatic rings. The van der Waals surface area contributed by atoms with Crippen LogP contribution in [0.2, 0.25) is 0 Å². The molecule has 1 aromatic carbocycles. The maximum absolute atomic E-state index is 13.2. The topological polar surface area (TPSA) is 61.6 Å². The first-order chi connectivity index (χ1) is 10.6. The minimum absolute atomic E-state index is 0.205. The standard InChI is InChI=1S/C16H25FN4O/c1-20(15-5-2-4-13(17)12-15)9-3-8-19-14-6-10-21(11-7-14)16(18)22/h2,4-5,12,14,19H,3,6-11H2,1H3,(H2,18,22). The predicted octanol–water partition coefficient (Wildman–Crippen LogP) is 1.78. The van der Waals surface area contributed by atoms with E-state index in [1.54, 1.807) is 17.0 Å². The molecule has 3 N–H and O–H groups in total. The Morgan fingerprint density at radius 2 is 2.18 bits per heavy atom. The molecule has 0 unspecified atom stereocenters. The van der Waals surface area contributed by atoms with Gasteiger partial charge in [0, 0.05) is 38.4 Å². The highest BCUT2D eigenvalue weighted by molar-refractivity contribution is 5.72. The number of rotatable bonds is 6. The Morgan fingerprint density at radius 3 is 2.82 bits per heavy atom. The van der Waals surface area contributed by atoms with Crippen LogP contribution in [0.4, 0.5) is 14.9 Å². The molecule has 6 heteroatoms. The second-order valence-electron chi connectivity index (χ2n) is 5.81. The number of nitrogens with zero attached hydrogens (tertiary/aromatic N) is 2. The molecule has 2 amide bonds. The third-order valence-corrected chi connectivity index (χ3v) is 4.16. The SMILES string of the molecule is CN(CCCNC1CCN(C(N)=O)CC1)c1cccc(F)c1. The minimum Gasteiger partial charge on any atom is -0.374 e. The summed E-state index contributed by atoms with van der Waals surface area (Å²) in [5.74, 6) is -0.205. The molecule has 1 saturated heterocycles. The number of likely N-dealkylation sites (tertiary alicyclic amines) is 1. The lowest BCUT2D eigenvalue weighted by atomic mass is 10.1. The lowest BCUT2D eigenvalue weighted by molar-refractivity contribution is 0.185. The maximum Gasteiger partial charge on any atom is 0.314 e. The molecule has 0 spiro atoms. The van der Waals surface area contributed by atoms with Gasteiger partial charge in [0.1, 0.15) is 5.82 Å². The van der Waals surface area contributed by atoms with Gasteiger partial charge >= 0.3 is 6.03 Å². The normalized spacial score (nSPS) is 15.8. The Morgan fingerprint density at radius 1 is 1.45 bits per heavy atom. The molecule has 0 aliphatic carbocycles. The Kier molecular flexibility index (Phi) is 6.00. The highest BCUT2D eigenvalue weighted by Crippen LogP contribution is 2.14. The second-order valence-corrected chi connectivity index (χ2v) is 5.81. The third kappa shape index (κ3) is 4.87. The Hall–Kier alpha value is -1.82. The van der Waals surface area contributed by atoms with Gasteiger partial charge in [-0.05, 0) is 44.0 Å². The number of nitrogens with two attached hydrogens (primary N) is 1. The van der Waals surface area contributed by atoms with E-state index in [1.165, 1.54) is 6.07 Å². The summed E-state index contributed by atoms with van der Waals surface area (Å²) in [4.78, 5) is 14.8. The van der Waals surface area contributed by atoms with Crippen LogP contribution in [0.5, 0.6) is 0 Å². The van der Waals surface area contributed by atoms with Crippen LogP contribution in [0.25, 0.3) is 0 Å². The molecular weight excluding hydrogens is 283 g/mol. The number of primary amides is 1. The van der Waals surface area contributed by atoms with E-state index in [0.717, 1.165) is 51.1 Å². The number of nitrogens with one attached hydrogen (secondary N) is 1. The van der Waals surface area contributed by atoms with Crippen molar-refractivity contribution in [3.63, 3.8) is 0 Å². The number of piperidine rings is 1. The van der Waals surface area contributed by atoms with Crippen LogP contribution in [-0.4, -0.2) is 50.2 Å². The summed E-state index contributed by atoms with van der Waals surface area (Å²) in [5.41, 5.74) is 6.17. The van der Waals surface area contributed by atoms with Gasteiger partial charge in [-0.15, -0.1) is 0 Å². The minimum atomic E-state index is -0.324. The van der Waals surface area contributed by atoms with Crippen molar-refractivity contribution in [1.29, 1.82) is 0 Å². The summed E-state index contributed by atoms with van der Waals surface area (Å²) >= 11 is 0. The van der Waals surface area contributed by atoms with Crippen LogP contribution in [0, 0.1) is 5.82 Å². The average Bonchev–Trinajstić information content (AvgIpc) is 2.51. The number of carbonyl (C=O) groups excluding carboxylic acids is 1. The molecule has 1 fully saturated rings. The molecule has 5 nitrogen and oxygen atoms in total. The van der Waals surface area contributed by atoms with Crippen molar-refractivity contribution in [3.8, 4) is 0 Å². The smallest absolute Gasteiger partial charge is 0.314 e. The number of urea groups is 1. The van der Waals surface area contributed by atoms with Crippen molar-refractivity contribution < 1.29 is 9.18 Å². The third-order valence-electron chi connectivity index (χ3n) is 4.16. The lowest BCUT2D eigenvalue weighted by Gasteiger charge is -2.31. The fraction of sp³-hybridized carbons (Fsp3) is 0.562. The fourth-order valence-corrected chi connectivity index (χ4v) is 2.77. The fourth-order valence-electron chi connectivity index (χ4n) is 2.77. The number of amides is 2. The first-order valence-corrected chi connectivity index (χ1v) is 7.80. The lowest BCUT2D eigenvalue weighted by Crippen LogP contribution is -2.47. The first-order valence-electron chi connectivity index (χ1n) is 7.80. The maximum atomic E-state index is 13.2. The van der Waals surface area contributed by atoms with Crippen LogP contribution >= 0.6 is 0 Å². The molecular formula is C16H25FN4O. The van der Waals surface area contributed by atoms with E-state index in [2.05, 4.69) is 10.2 Å². The highest BCUT2D eigenvalue weighted by atomic mass is 19.1. The highest BCUT2D eigenvalue weighted by Gasteiger charge is 2.20. The molecule has 0 aromatic heterocycles. The second kappa shape index (κ2) is 7.98. The summed E-state index contributed by atoms with van der Waals surface area (Å²) in [6.07, 6.45) is 2.88. The van der Waals surface area contributed by atoms with E-state index < -0.39 is 0 Å². The van der Waals surface area contributed by atoms with Gasteiger partial charge in [0.05, 0.1) is 0 Å². The zero-order chi connectivity index (χ0) is 15.9. The Balaban J connectivity index is 1.62. The van der Waals surface area contributed by atoms with Gasteiger partial charge in [-0.3, -0.25) is 0 Å². The van der Waals surface area contributed by atoms with Crippen LogP contribution in [0.1, 0.15) is 19.3 Å². The van der Waals surface area contributed by atoms with Gasteiger partial charge in [0.25, 0.3) is 0 Å². The number of carbonyl (C=O) groups is 1.